The first-order chi connectivity index (χ1) is 10.3. The molecule has 0 aliphatic carbocycles. The largest absolute Gasteiger partial charge is 0.468 e. The molecule has 0 rings (SSSR count). The number of carbonyl (C=O) groups is 4. The lowest BCUT2D eigenvalue weighted by Crippen LogP contribution is -2.53. The SMILES string of the molecule is CCOC(=O)C(CC(=O)N(NC(C)=O)C(=S)NC)C(=O)OC. The van der Waals surface area contributed by atoms with Crippen LogP contribution in [0.15, 0.2) is 0 Å². The molecular weight excluding hydrogens is 314 g/mol. The third-order valence-corrected chi connectivity index (χ3v) is 2.76. The molecule has 0 saturated heterocycles. The number of methoxy groups -OCH3 is 1. The summed E-state index contributed by atoms with van der Waals surface area (Å²) in [6.45, 7) is 2.79. The van der Waals surface area contributed by atoms with Gasteiger partial charge in [0.05, 0.1) is 20.1 Å². The van der Waals surface area contributed by atoms with Gasteiger partial charge in [-0.05, 0) is 19.1 Å². The zero-order valence-corrected chi connectivity index (χ0v) is 13.6. The van der Waals surface area contributed by atoms with Crippen LogP contribution in [0.2, 0.25) is 0 Å². The van der Waals surface area contributed by atoms with Crippen LogP contribution >= 0.6 is 12.2 Å². The number of hydrazine groups is 1. The van der Waals surface area contributed by atoms with Gasteiger partial charge in [-0.25, -0.2) is 0 Å². The minimum Gasteiger partial charge on any atom is -0.468 e. The molecule has 0 aliphatic heterocycles. The van der Waals surface area contributed by atoms with E-state index in [9.17, 15) is 19.2 Å². The van der Waals surface area contributed by atoms with Gasteiger partial charge in [-0.3, -0.25) is 24.6 Å². The predicted octanol–water partition coefficient (Wildman–Crippen LogP) is -0.887. The van der Waals surface area contributed by atoms with Gasteiger partial charge < -0.3 is 14.8 Å². The van der Waals surface area contributed by atoms with E-state index in [2.05, 4.69) is 15.5 Å². The van der Waals surface area contributed by atoms with Crippen LogP contribution in [0, 0.1) is 5.92 Å². The lowest BCUT2D eigenvalue weighted by atomic mass is 10.1. The molecule has 1 unspecified atom stereocenters. The highest BCUT2D eigenvalue weighted by Gasteiger charge is 2.34. The molecule has 0 aromatic rings. The molecule has 0 saturated carbocycles. The van der Waals surface area contributed by atoms with E-state index in [4.69, 9.17) is 17.0 Å². The van der Waals surface area contributed by atoms with Crippen molar-refractivity contribution in [3.8, 4) is 0 Å². The molecule has 0 fully saturated rings. The van der Waals surface area contributed by atoms with E-state index in [0.29, 0.717) is 0 Å². The summed E-state index contributed by atoms with van der Waals surface area (Å²) in [4.78, 5) is 46.7. The normalized spacial score (nSPS) is 10.9. The number of nitrogens with one attached hydrogen (secondary N) is 2. The van der Waals surface area contributed by atoms with Gasteiger partial charge in [0.25, 0.3) is 0 Å². The van der Waals surface area contributed by atoms with Gasteiger partial charge in [-0.15, -0.1) is 0 Å². The average molecular weight is 333 g/mol. The molecule has 0 radical (unpaired) electrons. The van der Waals surface area contributed by atoms with Crippen molar-refractivity contribution in [2.24, 2.45) is 5.92 Å². The zero-order valence-electron chi connectivity index (χ0n) is 12.8. The van der Waals surface area contributed by atoms with Gasteiger partial charge in [0.15, 0.2) is 11.0 Å². The van der Waals surface area contributed by atoms with Crippen molar-refractivity contribution < 1.29 is 28.7 Å². The molecule has 124 valence electrons. The van der Waals surface area contributed by atoms with Crippen LogP contribution in [0.1, 0.15) is 20.3 Å². The third-order valence-electron chi connectivity index (χ3n) is 2.37. The number of hydrogen-bond acceptors (Lipinski definition) is 7. The van der Waals surface area contributed by atoms with E-state index >= 15 is 0 Å². The summed E-state index contributed by atoms with van der Waals surface area (Å²) in [5, 5.41) is 3.16. The highest BCUT2D eigenvalue weighted by atomic mass is 32.1. The highest BCUT2D eigenvalue weighted by molar-refractivity contribution is 7.80. The highest BCUT2D eigenvalue weighted by Crippen LogP contribution is 2.11. The first-order valence-electron chi connectivity index (χ1n) is 6.34. The summed E-state index contributed by atoms with van der Waals surface area (Å²) in [7, 11) is 2.54. The molecule has 1 atom stereocenters. The molecule has 0 bridgehead atoms. The standard InChI is InChI=1S/C12H19N3O6S/c1-5-21-11(19)8(10(18)20-4)6-9(17)15(12(22)13-3)14-7(2)16/h8H,5-6H2,1-4H3,(H,13,22)(H,14,16). The maximum Gasteiger partial charge on any atom is 0.320 e. The average Bonchev–Trinajstić information content (AvgIpc) is 2.48. The fourth-order valence-corrected chi connectivity index (χ4v) is 1.56. The van der Waals surface area contributed by atoms with Gasteiger partial charge in [-0.2, -0.15) is 5.01 Å². The van der Waals surface area contributed by atoms with Crippen LogP contribution in [0.3, 0.4) is 0 Å². The smallest absolute Gasteiger partial charge is 0.320 e. The van der Waals surface area contributed by atoms with Crippen molar-refractivity contribution in [3.05, 3.63) is 0 Å². The molecule has 22 heavy (non-hydrogen) atoms. The Kier molecular flexibility index (Phi) is 8.68. The summed E-state index contributed by atoms with van der Waals surface area (Å²) in [5.41, 5.74) is 2.20. The second-order valence-corrected chi connectivity index (χ2v) is 4.37. The summed E-state index contributed by atoms with van der Waals surface area (Å²) in [6, 6.07) is 0. The summed E-state index contributed by atoms with van der Waals surface area (Å²) in [6.07, 6.45) is -0.562. The van der Waals surface area contributed by atoms with Gasteiger partial charge in [-0.1, -0.05) is 0 Å². The third kappa shape index (κ3) is 6.04. The molecule has 2 amide bonds. The van der Waals surface area contributed by atoms with Gasteiger partial charge in [0, 0.05) is 14.0 Å². The maximum absolute atomic E-state index is 12.2. The van der Waals surface area contributed by atoms with E-state index < -0.39 is 36.1 Å². The van der Waals surface area contributed by atoms with E-state index in [-0.39, 0.29) is 11.7 Å². The van der Waals surface area contributed by atoms with Crippen LogP contribution in [0.4, 0.5) is 0 Å². The minimum absolute atomic E-state index is 0.0465. The Hall–Kier alpha value is -2.23. The maximum atomic E-state index is 12.2. The number of esters is 2. The fraction of sp³-hybridized carbons (Fsp3) is 0.583. The van der Waals surface area contributed by atoms with Gasteiger partial charge >= 0.3 is 11.9 Å². The first kappa shape index (κ1) is 19.8. The second kappa shape index (κ2) is 9.66. The predicted molar refractivity (Wildman–Crippen MR) is 79.1 cm³/mol. The Bertz CT molecular complexity index is 468. The zero-order chi connectivity index (χ0) is 17.3. The molecule has 0 aromatic heterocycles. The number of hydrogen-bond donors (Lipinski definition) is 2. The van der Waals surface area contributed by atoms with Crippen molar-refractivity contribution in [2.75, 3.05) is 20.8 Å². The summed E-state index contributed by atoms with van der Waals surface area (Å²) in [5.74, 6) is -4.55. The van der Waals surface area contributed by atoms with Gasteiger partial charge in [0.1, 0.15) is 0 Å². The van der Waals surface area contributed by atoms with Gasteiger partial charge in [0.2, 0.25) is 11.8 Å². The monoisotopic (exact) mass is 333 g/mol. The van der Waals surface area contributed by atoms with Crippen LogP contribution < -0.4 is 10.7 Å². The van der Waals surface area contributed by atoms with Crippen molar-refractivity contribution in [1.29, 1.82) is 0 Å². The van der Waals surface area contributed by atoms with Crippen molar-refractivity contribution in [1.82, 2.24) is 15.8 Å². The van der Waals surface area contributed by atoms with Crippen LogP contribution in [-0.4, -0.2) is 54.6 Å². The van der Waals surface area contributed by atoms with E-state index in [1.54, 1.807) is 6.92 Å². The molecule has 10 heteroatoms. The second-order valence-electron chi connectivity index (χ2n) is 3.98. The molecule has 0 aliphatic rings. The fourth-order valence-electron chi connectivity index (χ4n) is 1.41. The summed E-state index contributed by atoms with van der Waals surface area (Å²) >= 11 is 4.88. The van der Waals surface area contributed by atoms with Crippen molar-refractivity contribution in [3.63, 3.8) is 0 Å². The lowest BCUT2D eigenvalue weighted by molar-refractivity contribution is -0.162. The minimum atomic E-state index is -1.44. The topological polar surface area (TPSA) is 114 Å². The first-order valence-corrected chi connectivity index (χ1v) is 6.75. The Morgan fingerprint density at radius 1 is 1.23 bits per heavy atom. The molecule has 0 heterocycles. The lowest BCUT2D eigenvalue weighted by Gasteiger charge is -2.23. The van der Waals surface area contributed by atoms with Crippen LogP contribution in [0.5, 0.6) is 0 Å². The van der Waals surface area contributed by atoms with E-state index in [1.165, 1.54) is 14.0 Å². The van der Waals surface area contributed by atoms with E-state index in [0.717, 1.165) is 12.1 Å². The number of rotatable bonds is 5. The Morgan fingerprint density at radius 2 is 1.82 bits per heavy atom. The Labute approximate surface area is 133 Å². The van der Waals surface area contributed by atoms with Crippen molar-refractivity contribution >= 4 is 41.1 Å². The Balaban J connectivity index is 5.18. The summed E-state index contributed by atoms with van der Waals surface area (Å²) < 4.78 is 9.21. The quantitative estimate of drug-likeness (QED) is 0.288. The molecule has 0 aromatic carbocycles. The number of carbonyl (C=O) groups excluding carboxylic acids is 4. The molecule has 9 nitrogen and oxygen atoms in total. The molecule has 0 spiro atoms. The van der Waals surface area contributed by atoms with E-state index in [1.807, 2.05) is 0 Å². The number of amides is 2. The van der Waals surface area contributed by atoms with Crippen LogP contribution in [0.25, 0.3) is 0 Å². The number of ether oxygens (including phenoxy) is 2. The van der Waals surface area contributed by atoms with Crippen LogP contribution in [-0.2, 0) is 28.7 Å². The molecule has 2 N–H and O–H groups in total. The Morgan fingerprint density at radius 3 is 2.23 bits per heavy atom. The van der Waals surface area contributed by atoms with Crippen molar-refractivity contribution in [2.45, 2.75) is 20.3 Å². The molecular formula is C12H19N3O6S. The number of nitrogens with zero attached hydrogens (tertiary/aromatic N) is 1. The number of thiocarbonyl (C=S) groups is 1.